The Kier molecular flexibility index (Phi) is 5.88. The molecular weight excluding hydrogens is 320 g/mol. The minimum atomic E-state index is -0.0810. The largest absolute Gasteiger partial charge is 0.378 e. The van der Waals surface area contributed by atoms with E-state index in [4.69, 9.17) is 4.74 Å². The number of benzene rings is 1. The lowest BCUT2D eigenvalue weighted by molar-refractivity contribution is 0.0303. The molecule has 25 heavy (non-hydrogen) atoms. The van der Waals surface area contributed by atoms with Gasteiger partial charge in [-0.2, -0.15) is 0 Å². The van der Waals surface area contributed by atoms with Crippen LogP contribution in [0.2, 0.25) is 0 Å². The number of hydrogen-bond donors (Lipinski definition) is 1. The molecule has 0 spiro atoms. The molecule has 0 atom stereocenters. The van der Waals surface area contributed by atoms with Gasteiger partial charge in [-0.05, 0) is 44.3 Å². The van der Waals surface area contributed by atoms with Gasteiger partial charge in [0.15, 0.2) is 0 Å². The second-order valence-corrected chi connectivity index (χ2v) is 6.56. The molecule has 0 radical (unpaired) electrons. The fourth-order valence-corrected chi connectivity index (χ4v) is 3.10. The number of anilines is 1. The molecule has 1 aromatic carbocycles. The predicted octanol–water partition coefficient (Wildman–Crippen LogP) is 1.33. The minimum Gasteiger partial charge on any atom is -0.378 e. The Morgan fingerprint density at radius 2 is 1.64 bits per heavy atom. The first-order chi connectivity index (χ1) is 12.1. The van der Waals surface area contributed by atoms with E-state index in [9.17, 15) is 9.59 Å². The highest BCUT2D eigenvalue weighted by Crippen LogP contribution is 2.14. The van der Waals surface area contributed by atoms with Gasteiger partial charge in [-0.15, -0.1) is 0 Å². The number of nitrogens with zero attached hydrogens (tertiary/aromatic N) is 3. The van der Waals surface area contributed by atoms with E-state index in [0.717, 1.165) is 32.6 Å². The maximum absolute atomic E-state index is 12.4. The standard InChI is InChI=1S/C18H26N4O3/c1-20-7-2-8-22(10-9-20)18(24)19-16-5-3-15(4-6-16)17(23)21-11-13-25-14-12-21/h3-6H,2,7-14H2,1H3,(H,19,24). The molecule has 1 aromatic rings. The van der Waals surface area contributed by atoms with Crippen molar-refractivity contribution >= 4 is 17.6 Å². The topological polar surface area (TPSA) is 65.1 Å². The van der Waals surface area contributed by atoms with Crippen molar-refractivity contribution < 1.29 is 14.3 Å². The minimum absolute atomic E-state index is 0.0109. The average Bonchev–Trinajstić information content (AvgIpc) is 2.87. The lowest BCUT2D eigenvalue weighted by atomic mass is 10.1. The molecule has 2 aliphatic rings. The zero-order valence-electron chi connectivity index (χ0n) is 14.7. The Hall–Kier alpha value is -2.12. The Morgan fingerprint density at radius 1 is 0.920 bits per heavy atom. The lowest BCUT2D eigenvalue weighted by Crippen LogP contribution is -2.40. The van der Waals surface area contributed by atoms with Crippen molar-refractivity contribution in [2.75, 3.05) is 64.8 Å². The van der Waals surface area contributed by atoms with Crippen molar-refractivity contribution in [3.8, 4) is 0 Å². The molecule has 2 aliphatic heterocycles. The normalized spacial score (nSPS) is 19.4. The molecule has 0 unspecified atom stereocenters. The number of amides is 3. The summed E-state index contributed by atoms with van der Waals surface area (Å²) in [5, 5.41) is 2.92. The zero-order chi connectivity index (χ0) is 17.6. The number of rotatable bonds is 2. The first-order valence-electron chi connectivity index (χ1n) is 8.85. The van der Waals surface area contributed by atoms with Crippen LogP contribution in [-0.4, -0.2) is 86.2 Å². The van der Waals surface area contributed by atoms with Crippen molar-refractivity contribution in [2.24, 2.45) is 0 Å². The fraction of sp³-hybridized carbons (Fsp3) is 0.556. The van der Waals surface area contributed by atoms with E-state index in [0.29, 0.717) is 37.6 Å². The average molecular weight is 346 g/mol. The Bertz CT molecular complexity index is 599. The lowest BCUT2D eigenvalue weighted by Gasteiger charge is -2.27. The van der Waals surface area contributed by atoms with Gasteiger partial charge in [0.1, 0.15) is 0 Å². The Morgan fingerprint density at radius 3 is 2.36 bits per heavy atom. The molecule has 0 bridgehead atoms. The van der Waals surface area contributed by atoms with Gasteiger partial charge >= 0.3 is 6.03 Å². The Balaban J connectivity index is 1.56. The van der Waals surface area contributed by atoms with Crippen molar-refractivity contribution in [2.45, 2.75) is 6.42 Å². The summed E-state index contributed by atoms with van der Waals surface area (Å²) >= 11 is 0. The van der Waals surface area contributed by atoms with E-state index in [1.54, 1.807) is 29.2 Å². The van der Waals surface area contributed by atoms with Crippen molar-refractivity contribution in [3.63, 3.8) is 0 Å². The van der Waals surface area contributed by atoms with Crippen LogP contribution in [0.5, 0.6) is 0 Å². The van der Waals surface area contributed by atoms with E-state index in [2.05, 4.69) is 17.3 Å². The summed E-state index contributed by atoms with van der Waals surface area (Å²) in [6.45, 7) is 5.83. The molecule has 0 aromatic heterocycles. The van der Waals surface area contributed by atoms with Gasteiger partial charge < -0.3 is 24.8 Å². The molecule has 3 amide bonds. The van der Waals surface area contributed by atoms with Crippen LogP contribution >= 0.6 is 0 Å². The molecule has 136 valence electrons. The number of hydrogen-bond acceptors (Lipinski definition) is 4. The van der Waals surface area contributed by atoms with Gasteiger partial charge in [0.25, 0.3) is 5.91 Å². The molecule has 2 saturated heterocycles. The van der Waals surface area contributed by atoms with Gasteiger partial charge in [-0.1, -0.05) is 0 Å². The highest BCUT2D eigenvalue weighted by Gasteiger charge is 2.19. The quantitative estimate of drug-likeness (QED) is 0.877. The summed E-state index contributed by atoms with van der Waals surface area (Å²) in [6, 6.07) is 7.03. The van der Waals surface area contributed by atoms with Crippen molar-refractivity contribution in [1.29, 1.82) is 0 Å². The summed E-state index contributed by atoms with van der Waals surface area (Å²) in [5.41, 5.74) is 1.34. The summed E-state index contributed by atoms with van der Waals surface area (Å²) in [4.78, 5) is 30.7. The number of ether oxygens (including phenoxy) is 1. The Labute approximate surface area is 148 Å². The molecule has 0 aliphatic carbocycles. The van der Waals surface area contributed by atoms with Gasteiger partial charge in [-0.3, -0.25) is 4.79 Å². The smallest absolute Gasteiger partial charge is 0.321 e. The summed E-state index contributed by atoms with van der Waals surface area (Å²) in [5.74, 6) is 0.0109. The van der Waals surface area contributed by atoms with Gasteiger partial charge in [0, 0.05) is 44.0 Å². The van der Waals surface area contributed by atoms with Gasteiger partial charge in [0.05, 0.1) is 13.2 Å². The second-order valence-electron chi connectivity index (χ2n) is 6.56. The maximum Gasteiger partial charge on any atom is 0.321 e. The maximum atomic E-state index is 12.4. The molecule has 7 nitrogen and oxygen atoms in total. The second kappa shape index (κ2) is 8.31. The van der Waals surface area contributed by atoms with E-state index in [1.807, 2.05) is 4.90 Å². The number of carbonyl (C=O) groups excluding carboxylic acids is 2. The van der Waals surface area contributed by atoms with Crippen LogP contribution in [-0.2, 0) is 4.74 Å². The van der Waals surface area contributed by atoms with Crippen LogP contribution in [0.15, 0.2) is 24.3 Å². The van der Waals surface area contributed by atoms with E-state index in [1.165, 1.54) is 0 Å². The molecule has 2 heterocycles. The monoisotopic (exact) mass is 346 g/mol. The van der Waals surface area contributed by atoms with Crippen LogP contribution in [0, 0.1) is 0 Å². The van der Waals surface area contributed by atoms with Gasteiger partial charge in [0.2, 0.25) is 0 Å². The number of nitrogens with one attached hydrogen (secondary N) is 1. The van der Waals surface area contributed by atoms with Gasteiger partial charge in [-0.25, -0.2) is 4.79 Å². The van der Waals surface area contributed by atoms with E-state index >= 15 is 0 Å². The summed E-state index contributed by atoms with van der Waals surface area (Å²) in [7, 11) is 2.08. The predicted molar refractivity (Wildman–Crippen MR) is 95.9 cm³/mol. The molecule has 0 saturated carbocycles. The number of urea groups is 1. The summed E-state index contributed by atoms with van der Waals surface area (Å²) < 4.78 is 5.27. The first-order valence-corrected chi connectivity index (χ1v) is 8.85. The van der Waals surface area contributed by atoms with Crippen LogP contribution in [0.25, 0.3) is 0 Å². The zero-order valence-corrected chi connectivity index (χ0v) is 14.7. The van der Waals surface area contributed by atoms with Crippen LogP contribution in [0.4, 0.5) is 10.5 Å². The highest BCUT2D eigenvalue weighted by molar-refractivity contribution is 5.95. The molecule has 1 N–H and O–H groups in total. The summed E-state index contributed by atoms with van der Waals surface area (Å²) in [6.07, 6.45) is 0.983. The first kappa shape index (κ1) is 17.7. The SMILES string of the molecule is CN1CCCN(C(=O)Nc2ccc(C(=O)N3CCOCC3)cc2)CC1. The third-order valence-electron chi connectivity index (χ3n) is 4.69. The third kappa shape index (κ3) is 4.70. The van der Waals surface area contributed by atoms with Crippen LogP contribution < -0.4 is 5.32 Å². The fourth-order valence-electron chi connectivity index (χ4n) is 3.10. The van der Waals surface area contributed by atoms with Crippen molar-refractivity contribution in [1.82, 2.24) is 14.7 Å². The van der Waals surface area contributed by atoms with E-state index < -0.39 is 0 Å². The highest BCUT2D eigenvalue weighted by atomic mass is 16.5. The molecule has 7 heteroatoms. The number of likely N-dealkylation sites (N-methyl/N-ethyl adjacent to an activating group) is 1. The third-order valence-corrected chi connectivity index (χ3v) is 4.69. The molecule has 3 rings (SSSR count). The van der Waals surface area contributed by atoms with Crippen LogP contribution in [0.3, 0.4) is 0 Å². The van der Waals surface area contributed by atoms with Crippen molar-refractivity contribution in [3.05, 3.63) is 29.8 Å². The molecular formula is C18H26N4O3. The number of carbonyl (C=O) groups is 2. The number of morpholine rings is 1. The van der Waals surface area contributed by atoms with E-state index in [-0.39, 0.29) is 11.9 Å². The molecule has 2 fully saturated rings. The van der Waals surface area contributed by atoms with Crippen LogP contribution in [0.1, 0.15) is 16.8 Å².